The van der Waals surface area contributed by atoms with Crippen LogP contribution in [0.2, 0.25) is 0 Å². The third-order valence-corrected chi connectivity index (χ3v) is 7.18. The Morgan fingerprint density at radius 2 is 1.47 bits per heavy atom. The molecule has 2 rings (SSSR count). The molecule has 2 aromatic carbocycles. The quantitative estimate of drug-likeness (QED) is 0.280. The lowest BCUT2D eigenvalue weighted by atomic mass is 10.0. The number of rotatable bonds is 14. The van der Waals surface area contributed by atoms with Crippen molar-refractivity contribution in [3.05, 3.63) is 47.5 Å². The molecule has 0 fully saturated rings. The van der Waals surface area contributed by atoms with Gasteiger partial charge in [0.25, 0.3) is 0 Å². The summed E-state index contributed by atoms with van der Waals surface area (Å²) < 4.78 is 46.8. The van der Waals surface area contributed by atoms with Gasteiger partial charge in [-0.1, -0.05) is 0 Å². The second-order valence-corrected chi connectivity index (χ2v) is 9.15. The van der Waals surface area contributed by atoms with Crippen molar-refractivity contribution < 1.29 is 37.4 Å². The van der Waals surface area contributed by atoms with Crippen LogP contribution < -0.4 is 19.5 Å². The van der Waals surface area contributed by atoms with E-state index in [1.807, 2.05) is 0 Å². The first-order chi connectivity index (χ1) is 16.3. The van der Waals surface area contributed by atoms with Crippen LogP contribution in [0.15, 0.2) is 36.4 Å². The maximum Gasteiger partial charge on any atom is 0.357 e. The molecule has 188 valence electrons. The summed E-state index contributed by atoms with van der Waals surface area (Å²) in [5, 5.41) is 3.27. The molecule has 0 spiro atoms. The molecule has 1 unspecified atom stereocenters. The molecule has 0 radical (unpaired) electrons. The van der Waals surface area contributed by atoms with Crippen LogP contribution in [0.4, 0.5) is 5.69 Å². The van der Waals surface area contributed by atoms with E-state index in [0.717, 1.165) is 0 Å². The Kier molecular flexibility index (Phi) is 10.7. The van der Waals surface area contributed by atoms with Gasteiger partial charge in [-0.05, 0) is 68.3 Å². The van der Waals surface area contributed by atoms with Gasteiger partial charge >= 0.3 is 13.6 Å². The van der Waals surface area contributed by atoms with Gasteiger partial charge in [-0.25, -0.2) is 0 Å². The number of carbonyl (C=O) groups is 1. The van der Waals surface area contributed by atoms with Gasteiger partial charge in [-0.2, -0.15) is 0 Å². The highest BCUT2D eigenvalue weighted by atomic mass is 31.2. The van der Waals surface area contributed by atoms with Crippen LogP contribution in [0.3, 0.4) is 0 Å². The van der Waals surface area contributed by atoms with E-state index in [9.17, 15) is 9.36 Å². The van der Waals surface area contributed by atoms with Crippen LogP contribution in [0.5, 0.6) is 17.2 Å². The monoisotopic (exact) mass is 495 g/mol. The van der Waals surface area contributed by atoms with Crippen LogP contribution >= 0.6 is 7.60 Å². The van der Waals surface area contributed by atoms with Crippen molar-refractivity contribution in [1.29, 1.82) is 0 Å². The first kappa shape index (κ1) is 27.5. The zero-order valence-corrected chi connectivity index (χ0v) is 21.5. The second kappa shape index (κ2) is 13.2. The number of hydrogen-bond donors (Lipinski definition) is 1. The number of hydrogen-bond acceptors (Lipinski definition) is 9. The van der Waals surface area contributed by atoms with Gasteiger partial charge in [0.2, 0.25) is 0 Å². The summed E-state index contributed by atoms with van der Waals surface area (Å²) in [6, 6.07) is 10.5. The van der Waals surface area contributed by atoms with Gasteiger partial charge in [0.15, 0.2) is 17.3 Å². The van der Waals surface area contributed by atoms with Crippen molar-refractivity contribution in [3.63, 3.8) is 0 Å². The molecular formula is C24H34NO8P. The summed E-state index contributed by atoms with van der Waals surface area (Å²) in [6.07, 6.45) is -0.0669. The topological polar surface area (TPSA) is 102 Å². The summed E-state index contributed by atoms with van der Waals surface area (Å²) in [7, 11) is 0.819. The molecule has 0 bridgehead atoms. The summed E-state index contributed by atoms with van der Waals surface area (Å²) in [4.78, 5) is 12.4. The van der Waals surface area contributed by atoms with Crippen LogP contribution in [0, 0.1) is 0 Å². The highest BCUT2D eigenvalue weighted by Gasteiger charge is 2.39. The zero-order valence-electron chi connectivity index (χ0n) is 20.6. The third-order valence-electron chi connectivity index (χ3n) is 4.91. The predicted molar refractivity (Wildman–Crippen MR) is 130 cm³/mol. The van der Waals surface area contributed by atoms with Crippen LogP contribution in [0.1, 0.15) is 37.7 Å². The minimum Gasteiger partial charge on any atom is -0.497 e. The van der Waals surface area contributed by atoms with E-state index in [0.29, 0.717) is 34.1 Å². The maximum atomic E-state index is 14.0. The van der Waals surface area contributed by atoms with Crippen LogP contribution in [0.25, 0.3) is 0 Å². The van der Waals surface area contributed by atoms with Crippen molar-refractivity contribution >= 4 is 19.3 Å². The summed E-state index contributed by atoms with van der Waals surface area (Å²) in [5.41, 5.74) is 1.70. The molecule has 0 aliphatic rings. The van der Waals surface area contributed by atoms with E-state index in [1.165, 1.54) is 14.2 Å². The number of ether oxygens (including phenoxy) is 4. The second-order valence-electron chi connectivity index (χ2n) is 7.04. The largest absolute Gasteiger partial charge is 0.497 e. The standard InChI is InChI=1S/C24H34NO8P/c1-7-31-23(26)15-17-14-21(29-5)22(30-6)16-20(17)24(34(27,32-8-2)33-9-3)25-18-10-12-19(28-4)13-11-18/h10-14,16,24-25H,7-9,15H2,1-6H3. The van der Waals surface area contributed by atoms with Gasteiger partial charge in [-0.15, -0.1) is 0 Å². The molecule has 0 saturated heterocycles. The molecule has 0 aliphatic carbocycles. The first-order valence-corrected chi connectivity index (χ1v) is 12.7. The molecule has 2 aromatic rings. The SMILES string of the molecule is CCOC(=O)Cc1cc(OC)c(OC)cc1C(Nc1ccc(OC)cc1)P(=O)(OCC)OCC. The molecule has 1 atom stereocenters. The van der Waals surface area contributed by atoms with E-state index in [-0.39, 0.29) is 26.2 Å². The average molecular weight is 496 g/mol. The maximum absolute atomic E-state index is 14.0. The Morgan fingerprint density at radius 1 is 0.882 bits per heavy atom. The lowest BCUT2D eigenvalue weighted by molar-refractivity contribution is -0.142. The molecule has 34 heavy (non-hydrogen) atoms. The first-order valence-electron chi connectivity index (χ1n) is 11.0. The van der Waals surface area contributed by atoms with E-state index in [4.69, 9.17) is 28.0 Å². The number of anilines is 1. The molecule has 10 heteroatoms. The number of esters is 1. The summed E-state index contributed by atoms with van der Waals surface area (Å²) in [6.45, 7) is 5.79. The van der Waals surface area contributed by atoms with Crippen LogP contribution in [-0.2, 0) is 29.6 Å². The van der Waals surface area contributed by atoms with E-state index in [2.05, 4.69) is 5.32 Å². The Balaban J connectivity index is 2.70. The molecule has 0 saturated carbocycles. The van der Waals surface area contributed by atoms with Crippen molar-refractivity contribution in [2.24, 2.45) is 0 Å². The fourth-order valence-corrected chi connectivity index (χ4v) is 5.41. The Hall–Kier alpha value is -2.74. The van der Waals surface area contributed by atoms with Crippen molar-refractivity contribution in [2.45, 2.75) is 33.0 Å². The zero-order chi connectivity index (χ0) is 25.1. The van der Waals surface area contributed by atoms with Gasteiger partial charge in [0, 0.05) is 5.69 Å². The molecule has 0 aromatic heterocycles. The molecule has 0 amide bonds. The fraction of sp³-hybridized carbons (Fsp3) is 0.458. The van der Waals surface area contributed by atoms with E-state index >= 15 is 0 Å². The average Bonchev–Trinajstić information content (AvgIpc) is 2.83. The van der Waals surface area contributed by atoms with Gasteiger partial charge in [-0.3, -0.25) is 9.36 Å². The molecular weight excluding hydrogens is 461 g/mol. The minimum absolute atomic E-state index is 0.0669. The van der Waals surface area contributed by atoms with E-state index in [1.54, 1.807) is 64.3 Å². The lowest BCUT2D eigenvalue weighted by Gasteiger charge is -2.30. The number of nitrogens with one attached hydrogen (secondary N) is 1. The Labute approximate surface area is 201 Å². The van der Waals surface area contributed by atoms with Gasteiger partial charge < -0.3 is 33.3 Å². The Bertz CT molecular complexity index is 970. The van der Waals surface area contributed by atoms with Crippen LogP contribution in [-0.4, -0.2) is 47.1 Å². The highest BCUT2D eigenvalue weighted by Crippen LogP contribution is 2.62. The fourth-order valence-electron chi connectivity index (χ4n) is 3.43. The minimum atomic E-state index is -3.77. The van der Waals surface area contributed by atoms with Gasteiger partial charge in [0.1, 0.15) is 5.75 Å². The number of carbonyl (C=O) groups excluding carboxylic acids is 1. The molecule has 9 nitrogen and oxygen atoms in total. The summed E-state index contributed by atoms with van der Waals surface area (Å²) in [5.74, 6) is 0.128. The molecule has 1 N–H and O–H groups in total. The normalized spacial score (nSPS) is 12.1. The smallest absolute Gasteiger partial charge is 0.357 e. The lowest BCUT2D eigenvalue weighted by Crippen LogP contribution is -2.19. The number of benzene rings is 2. The Morgan fingerprint density at radius 3 is 1.97 bits per heavy atom. The summed E-state index contributed by atoms with van der Waals surface area (Å²) >= 11 is 0. The van der Waals surface area contributed by atoms with Crippen molar-refractivity contribution in [1.82, 2.24) is 0 Å². The van der Waals surface area contributed by atoms with E-state index < -0.39 is 19.3 Å². The van der Waals surface area contributed by atoms with Crippen molar-refractivity contribution in [2.75, 3.05) is 46.5 Å². The molecule has 0 aliphatic heterocycles. The van der Waals surface area contributed by atoms with Gasteiger partial charge in [0.05, 0.1) is 47.6 Å². The highest BCUT2D eigenvalue weighted by molar-refractivity contribution is 7.54. The predicted octanol–water partition coefficient (Wildman–Crippen LogP) is 5.19. The molecule has 0 heterocycles. The third kappa shape index (κ3) is 6.88. The van der Waals surface area contributed by atoms with Crippen molar-refractivity contribution in [3.8, 4) is 17.2 Å². The number of methoxy groups -OCH3 is 3.